The molecule has 1 amide bonds. The number of carbonyl (C=O) groups is 2. The van der Waals surface area contributed by atoms with E-state index in [0.717, 1.165) is 52.1 Å². The molecule has 0 radical (unpaired) electrons. The zero-order valence-corrected chi connectivity index (χ0v) is 21.3. The van der Waals surface area contributed by atoms with Gasteiger partial charge in [0, 0.05) is 56.2 Å². The number of pyridine rings is 1. The molecule has 1 N–H and O–H groups in total. The van der Waals surface area contributed by atoms with Crippen molar-refractivity contribution in [3.05, 3.63) is 54.0 Å². The summed E-state index contributed by atoms with van der Waals surface area (Å²) in [5, 5.41) is 3.33. The van der Waals surface area contributed by atoms with E-state index in [4.69, 9.17) is 14.2 Å². The van der Waals surface area contributed by atoms with Gasteiger partial charge in [0.25, 0.3) is 0 Å². The van der Waals surface area contributed by atoms with Gasteiger partial charge in [-0.05, 0) is 48.9 Å². The minimum atomic E-state index is -0.471. The molecule has 2 fully saturated rings. The Hall–Kier alpha value is -3.56. The van der Waals surface area contributed by atoms with Gasteiger partial charge in [0.15, 0.2) is 0 Å². The van der Waals surface area contributed by atoms with Crippen LogP contribution in [0.25, 0.3) is 10.9 Å². The molecular weight excluding hydrogens is 489 g/mol. The predicted molar refractivity (Wildman–Crippen MR) is 141 cm³/mol. The lowest BCUT2D eigenvalue weighted by molar-refractivity contribution is -0.118. The summed E-state index contributed by atoms with van der Waals surface area (Å²) in [7, 11) is 0. The van der Waals surface area contributed by atoms with Crippen LogP contribution < -0.4 is 14.8 Å². The van der Waals surface area contributed by atoms with Crippen molar-refractivity contribution >= 4 is 28.8 Å². The maximum Gasteiger partial charge on any atom is 0.211 e. The van der Waals surface area contributed by atoms with E-state index in [-0.39, 0.29) is 12.2 Å². The van der Waals surface area contributed by atoms with Gasteiger partial charge in [0.05, 0.1) is 31.0 Å². The van der Waals surface area contributed by atoms with E-state index in [1.807, 2.05) is 0 Å². The maximum atomic E-state index is 14.7. The highest BCUT2D eigenvalue weighted by Gasteiger charge is 2.24. The topological polar surface area (TPSA) is 90.0 Å². The number of aromatic nitrogens is 1. The van der Waals surface area contributed by atoms with Gasteiger partial charge >= 0.3 is 0 Å². The van der Waals surface area contributed by atoms with E-state index >= 15 is 0 Å². The second kappa shape index (κ2) is 12.3. The fourth-order valence-corrected chi connectivity index (χ4v) is 4.62. The van der Waals surface area contributed by atoms with E-state index in [2.05, 4.69) is 15.2 Å². The minimum Gasteiger partial charge on any atom is -0.491 e. The summed E-state index contributed by atoms with van der Waals surface area (Å²) in [5.74, 6) is 1.35. The van der Waals surface area contributed by atoms with E-state index in [1.165, 1.54) is 6.07 Å². The second-order valence-corrected chi connectivity index (χ2v) is 9.81. The highest BCUT2D eigenvalue weighted by Crippen LogP contribution is 2.36. The van der Waals surface area contributed by atoms with E-state index in [0.29, 0.717) is 64.8 Å². The van der Waals surface area contributed by atoms with Crippen LogP contribution >= 0.6 is 0 Å². The van der Waals surface area contributed by atoms with Gasteiger partial charge in [0.2, 0.25) is 6.41 Å². The molecule has 1 aliphatic carbocycles. The van der Waals surface area contributed by atoms with Gasteiger partial charge < -0.3 is 19.5 Å². The zero-order chi connectivity index (χ0) is 26.3. The molecule has 1 aromatic heterocycles. The summed E-state index contributed by atoms with van der Waals surface area (Å²) in [6, 6.07) is 9.73. The van der Waals surface area contributed by atoms with Crippen LogP contribution in [0.2, 0.25) is 0 Å². The van der Waals surface area contributed by atoms with Crippen molar-refractivity contribution < 1.29 is 28.2 Å². The van der Waals surface area contributed by atoms with Gasteiger partial charge in [-0.1, -0.05) is 6.07 Å². The molecule has 8 nitrogen and oxygen atoms in total. The molecule has 0 spiro atoms. The summed E-state index contributed by atoms with van der Waals surface area (Å²) in [6.45, 7) is 4.75. The third-order valence-corrected chi connectivity index (χ3v) is 6.85. The van der Waals surface area contributed by atoms with E-state index in [9.17, 15) is 14.0 Å². The zero-order valence-electron chi connectivity index (χ0n) is 21.3. The molecule has 200 valence electrons. The fraction of sp³-hybridized carbons (Fsp3) is 0.414. The normalized spacial score (nSPS) is 15.8. The Morgan fingerprint density at radius 2 is 2.00 bits per heavy atom. The van der Waals surface area contributed by atoms with E-state index in [1.54, 1.807) is 36.5 Å². The first-order valence-electron chi connectivity index (χ1n) is 13.1. The Balaban J connectivity index is 1.28. The molecule has 9 heteroatoms. The largest absolute Gasteiger partial charge is 0.491 e. The predicted octanol–water partition coefficient (Wildman–Crippen LogP) is 4.75. The number of morpholine rings is 1. The van der Waals surface area contributed by atoms with Crippen molar-refractivity contribution in [3.8, 4) is 17.2 Å². The Bertz CT molecular complexity index is 1290. The number of ketones is 1. The minimum absolute atomic E-state index is 0.0644. The molecule has 3 aromatic rings. The maximum absolute atomic E-state index is 14.7. The molecule has 0 unspecified atom stereocenters. The molecular formula is C29H32FN3O5. The van der Waals surface area contributed by atoms with Crippen LogP contribution in [0.1, 0.15) is 31.2 Å². The highest BCUT2D eigenvalue weighted by atomic mass is 19.1. The van der Waals surface area contributed by atoms with Crippen molar-refractivity contribution in [2.24, 2.45) is 5.92 Å². The molecule has 0 atom stereocenters. The van der Waals surface area contributed by atoms with Crippen molar-refractivity contribution in [3.63, 3.8) is 0 Å². The summed E-state index contributed by atoms with van der Waals surface area (Å²) < 4.78 is 32.1. The molecule has 1 aliphatic heterocycles. The Kier molecular flexibility index (Phi) is 8.45. The van der Waals surface area contributed by atoms with E-state index < -0.39 is 5.82 Å². The van der Waals surface area contributed by atoms with Crippen molar-refractivity contribution in [1.82, 2.24) is 9.88 Å². The van der Waals surface area contributed by atoms with Crippen molar-refractivity contribution in [2.45, 2.75) is 32.1 Å². The number of benzene rings is 2. The number of carbonyl (C=O) groups excluding carboxylic acids is 2. The Morgan fingerprint density at radius 3 is 2.76 bits per heavy atom. The van der Waals surface area contributed by atoms with Gasteiger partial charge in [-0.25, -0.2) is 4.39 Å². The Labute approximate surface area is 221 Å². The monoisotopic (exact) mass is 521 g/mol. The first kappa shape index (κ1) is 26.1. The van der Waals surface area contributed by atoms with Crippen LogP contribution in [-0.4, -0.2) is 61.5 Å². The van der Waals surface area contributed by atoms with Crippen LogP contribution in [0.15, 0.2) is 42.6 Å². The van der Waals surface area contributed by atoms with Crippen LogP contribution in [0, 0.1) is 11.7 Å². The number of halogens is 1. The quantitative estimate of drug-likeness (QED) is 0.257. The number of rotatable bonds is 13. The van der Waals surface area contributed by atoms with Crippen LogP contribution in [0.3, 0.4) is 0 Å². The smallest absolute Gasteiger partial charge is 0.211 e. The van der Waals surface area contributed by atoms with Gasteiger partial charge in [-0.15, -0.1) is 0 Å². The number of nitrogens with zero attached hydrogens (tertiary/aromatic N) is 2. The summed E-state index contributed by atoms with van der Waals surface area (Å²) in [4.78, 5) is 30.2. The lowest BCUT2D eigenvalue weighted by Gasteiger charge is -2.26. The molecule has 1 saturated heterocycles. The first-order valence-corrected chi connectivity index (χ1v) is 13.1. The number of hydrogen-bond donors (Lipinski definition) is 1. The molecule has 2 heterocycles. The number of fused-ring (bicyclic) bond motifs is 1. The van der Waals surface area contributed by atoms with Crippen molar-refractivity contribution in [2.75, 3.05) is 44.8 Å². The van der Waals surface area contributed by atoms with Gasteiger partial charge in [0.1, 0.15) is 28.8 Å². The van der Waals surface area contributed by atoms with Crippen molar-refractivity contribution in [1.29, 1.82) is 0 Å². The molecule has 0 bridgehead atoms. The number of anilines is 1. The number of ether oxygens (including phenoxy) is 3. The molecule has 1 saturated carbocycles. The number of amides is 1. The first-order chi connectivity index (χ1) is 18.6. The summed E-state index contributed by atoms with van der Waals surface area (Å²) in [5.41, 5.74) is 1.48. The van der Waals surface area contributed by atoms with Crippen LogP contribution in [0.4, 0.5) is 10.1 Å². The summed E-state index contributed by atoms with van der Waals surface area (Å²) >= 11 is 0. The third-order valence-electron chi connectivity index (χ3n) is 6.85. The second-order valence-electron chi connectivity index (χ2n) is 9.81. The highest BCUT2D eigenvalue weighted by molar-refractivity contribution is 5.93. The van der Waals surface area contributed by atoms with Crippen LogP contribution in [-0.2, 0) is 20.7 Å². The molecule has 2 aromatic carbocycles. The fourth-order valence-electron chi connectivity index (χ4n) is 4.62. The van der Waals surface area contributed by atoms with Gasteiger partial charge in [-0.2, -0.15) is 0 Å². The number of nitrogens with one attached hydrogen (secondary N) is 1. The standard InChI is InChI=1S/C29H32FN3O5/c30-25-16-23(5-4-21(25)15-22(35)14-20-2-3-20)38-28-6-7-31-26-18-29(27(32-19-34)17-24(26)28)37-11-1-8-33-9-12-36-13-10-33/h4-7,16-20H,1-3,8-15H2,(H,32,34). The number of Topliss-reactive ketones (excluding diaryl/α,β-unsaturated/α-hetero) is 1. The molecule has 5 rings (SSSR count). The lowest BCUT2D eigenvalue weighted by Crippen LogP contribution is -2.37. The molecule has 2 aliphatic rings. The number of hydrogen-bond acceptors (Lipinski definition) is 7. The average molecular weight is 522 g/mol. The third kappa shape index (κ3) is 6.85. The lowest BCUT2D eigenvalue weighted by atomic mass is 10.0. The van der Waals surface area contributed by atoms with Gasteiger partial charge in [-0.3, -0.25) is 19.5 Å². The summed E-state index contributed by atoms with van der Waals surface area (Å²) in [6.07, 6.45) is 5.84. The van der Waals surface area contributed by atoms with Crippen LogP contribution in [0.5, 0.6) is 17.2 Å². The molecule has 38 heavy (non-hydrogen) atoms. The SMILES string of the molecule is O=CNc1cc2c(Oc3ccc(CC(=O)CC4CC4)c(F)c3)ccnc2cc1OCCCN1CCOCC1. The Morgan fingerprint density at radius 1 is 1.16 bits per heavy atom. The average Bonchev–Trinajstić information content (AvgIpc) is 3.73.